The quantitative estimate of drug-likeness (QED) is 0.686. The Morgan fingerprint density at radius 1 is 0.850 bits per heavy atom. The van der Waals surface area contributed by atoms with Crippen LogP contribution in [0.15, 0.2) is 48.7 Å². The molecule has 102 valence electrons. The summed E-state index contributed by atoms with van der Waals surface area (Å²) < 4.78 is 0. The summed E-state index contributed by atoms with van der Waals surface area (Å²) in [5.74, 6) is 1.05. The van der Waals surface area contributed by atoms with Crippen LogP contribution in [0.1, 0.15) is 30.7 Å². The predicted octanol–water partition coefficient (Wildman–Crippen LogP) is 3.91. The SMILES string of the molecule is c1ccc(CCCCCc2nc3ncccc3[nH]2)cc1. The van der Waals surface area contributed by atoms with Gasteiger partial charge in [-0.3, -0.25) is 0 Å². The van der Waals surface area contributed by atoms with Crippen molar-refractivity contribution in [1.29, 1.82) is 0 Å². The fraction of sp³-hybridized carbons (Fsp3) is 0.294. The molecule has 0 fully saturated rings. The maximum absolute atomic E-state index is 4.50. The number of hydrogen-bond acceptors (Lipinski definition) is 2. The molecule has 0 bridgehead atoms. The Bertz CT molecular complexity index is 625. The van der Waals surface area contributed by atoms with Gasteiger partial charge < -0.3 is 4.98 Å². The molecule has 2 heterocycles. The van der Waals surface area contributed by atoms with E-state index in [1.807, 2.05) is 12.1 Å². The van der Waals surface area contributed by atoms with Crippen molar-refractivity contribution < 1.29 is 0 Å². The molecular weight excluding hydrogens is 246 g/mol. The predicted molar refractivity (Wildman–Crippen MR) is 81.6 cm³/mol. The van der Waals surface area contributed by atoms with Crippen LogP contribution in [-0.4, -0.2) is 15.0 Å². The summed E-state index contributed by atoms with van der Waals surface area (Å²) in [5, 5.41) is 0. The zero-order valence-corrected chi connectivity index (χ0v) is 11.5. The second-order valence-electron chi connectivity index (χ2n) is 5.10. The molecule has 3 heteroatoms. The van der Waals surface area contributed by atoms with Gasteiger partial charge >= 0.3 is 0 Å². The van der Waals surface area contributed by atoms with Gasteiger partial charge in [-0.15, -0.1) is 0 Å². The molecular formula is C17H19N3. The lowest BCUT2D eigenvalue weighted by Gasteiger charge is -2.00. The van der Waals surface area contributed by atoms with Crippen molar-refractivity contribution >= 4 is 11.2 Å². The fourth-order valence-corrected chi connectivity index (χ4v) is 2.46. The Morgan fingerprint density at radius 2 is 1.70 bits per heavy atom. The number of pyridine rings is 1. The van der Waals surface area contributed by atoms with E-state index in [4.69, 9.17) is 0 Å². The Morgan fingerprint density at radius 3 is 2.55 bits per heavy atom. The van der Waals surface area contributed by atoms with Gasteiger partial charge in [0.1, 0.15) is 5.82 Å². The van der Waals surface area contributed by atoms with Crippen molar-refractivity contribution in [2.24, 2.45) is 0 Å². The lowest BCUT2D eigenvalue weighted by molar-refractivity contribution is 0.666. The summed E-state index contributed by atoms with van der Waals surface area (Å²) in [5.41, 5.74) is 3.29. The third kappa shape index (κ3) is 3.23. The first kappa shape index (κ1) is 12.9. The minimum Gasteiger partial charge on any atom is -0.341 e. The van der Waals surface area contributed by atoms with Crippen LogP contribution in [0.4, 0.5) is 0 Å². The first-order valence-electron chi connectivity index (χ1n) is 7.25. The summed E-state index contributed by atoms with van der Waals surface area (Å²) in [6.07, 6.45) is 7.61. The number of aromatic amines is 1. The van der Waals surface area contributed by atoms with E-state index >= 15 is 0 Å². The maximum atomic E-state index is 4.50. The zero-order valence-electron chi connectivity index (χ0n) is 11.5. The Hall–Kier alpha value is -2.16. The summed E-state index contributed by atoms with van der Waals surface area (Å²) in [4.78, 5) is 12.1. The lowest BCUT2D eigenvalue weighted by atomic mass is 10.1. The average molecular weight is 265 g/mol. The molecule has 3 aromatic rings. The van der Waals surface area contributed by atoms with Crippen molar-refractivity contribution in [1.82, 2.24) is 15.0 Å². The van der Waals surface area contributed by atoms with Crippen LogP contribution in [0.3, 0.4) is 0 Å². The van der Waals surface area contributed by atoms with E-state index in [1.54, 1.807) is 6.20 Å². The number of hydrogen-bond donors (Lipinski definition) is 1. The average Bonchev–Trinajstić information content (AvgIpc) is 2.90. The van der Waals surface area contributed by atoms with Gasteiger partial charge in [-0.1, -0.05) is 36.8 Å². The van der Waals surface area contributed by atoms with Gasteiger partial charge in [0.25, 0.3) is 0 Å². The highest BCUT2D eigenvalue weighted by Gasteiger charge is 2.02. The molecule has 0 aliphatic heterocycles. The minimum absolute atomic E-state index is 0.826. The van der Waals surface area contributed by atoms with E-state index in [1.165, 1.54) is 31.2 Å². The van der Waals surface area contributed by atoms with Crippen LogP contribution in [0.5, 0.6) is 0 Å². The highest BCUT2D eigenvalue weighted by molar-refractivity contribution is 5.69. The number of nitrogens with one attached hydrogen (secondary N) is 1. The lowest BCUT2D eigenvalue weighted by Crippen LogP contribution is -1.90. The van der Waals surface area contributed by atoms with E-state index in [0.717, 1.165) is 23.4 Å². The molecule has 0 saturated carbocycles. The number of rotatable bonds is 6. The van der Waals surface area contributed by atoms with E-state index in [-0.39, 0.29) is 0 Å². The van der Waals surface area contributed by atoms with Crippen LogP contribution in [0, 0.1) is 0 Å². The summed E-state index contributed by atoms with van der Waals surface area (Å²) in [6, 6.07) is 14.6. The van der Waals surface area contributed by atoms with Crippen LogP contribution in [0.2, 0.25) is 0 Å². The number of unbranched alkanes of at least 4 members (excludes halogenated alkanes) is 2. The zero-order chi connectivity index (χ0) is 13.6. The van der Waals surface area contributed by atoms with E-state index in [9.17, 15) is 0 Å². The second kappa shape index (κ2) is 6.33. The van der Waals surface area contributed by atoms with Gasteiger partial charge in [0.2, 0.25) is 0 Å². The fourth-order valence-electron chi connectivity index (χ4n) is 2.46. The maximum Gasteiger partial charge on any atom is 0.177 e. The van der Waals surface area contributed by atoms with E-state index in [2.05, 4.69) is 45.3 Å². The first-order chi connectivity index (χ1) is 9.92. The number of aromatic nitrogens is 3. The Labute approximate surface area is 119 Å². The minimum atomic E-state index is 0.826. The van der Waals surface area contributed by atoms with E-state index < -0.39 is 0 Å². The smallest absolute Gasteiger partial charge is 0.177 e. The Kier molecular flexibility index (Phi) is 4.07. The molecule has 0 aliphatic rings. The topological polar surface area (TPSA) is 41.6 Å². The number of fused-ring (bicyclic) bond motifs is 1. The molecule has 0 atom stereocenters. The molecule has 3 nitrogen and oxygen atoms in total. The molecule has 0 amide bonds. The van der Waals surface area contributed by atoms with Crippen molar-refractivity contribution in [3.8, 4) is 0 Å². The number of aryl methyl sites for hydroxylation is 2. The van der Waals surface area contributed by atoms with Gasteiger partial charge in [-0.05, 0) is 37.0 Å². The third-order valence-corrected chi connectivity index (χ3v) is 3.53. The molecule has 20 heavy (non-hydrogen) atoms. The monoisotopic (exact) mass is 265 g/mol. The van der Waals surface area contributed by atoms with Crippen molar-refractivity contribution in [3.05, 3.63) is 60.0 Å². The molecule has 1 aromatic carbocycles. The van der Waals surface area contributed by atoms with Gasteiger partial charge in [-0.25, -0.2) is 9.97 Å². The van der Waals surface area contributed by atoms with Crippen molar-refractivity contribution in [2.45, 2.75) is 32.1 Å². The molecule has 0 spiro atoms. The number of benzene rings is 1. The largest absolute Gasteiger partial charge is 0.341 e. The normalized spacial score (nSPS) is 11.0. The number of imidazole rings is 1. The molecule has 0 aliphatic carbocycles. The number of nitrogens with zero attached hydrogens (tertiary/aromatic N) is 2. The van der Waals surface area contributed by atoms with Gasteiger partial charge in [-0.2, -0.15) is 0 Å². The second-order valence-corrected chi connectivity index (χ2v) is 5.10. The number of H-pyrrole nitrogens is 1. The molecule has 1 N–H and O–H groups in total. The standard InChI is InChI=1S/C17H19N3/c1-3-8-14(9-4-1)10-5-2-6-12-16-19-15-11-7-13-18-17(15)20-16/h1,3-4,7-9,11,13H,2,5-6,10,12H2,(H,18,19,20). The van der Waals surface area contributed by atoms with Crippen LogP contribution >= 0.6 is 0 Å². The molecule has 3 rings (SSSR count). The van der Waals surface area contributed by atoms with Crippen LogP contribution in [-0.2, 0) is 12.8 Å². The summed E-state index contributed by atoms with van der Waals surface area (Å²) in [7, 11) is 0. The van der Waals surface area contributed by atoms with E-state index in [0.29, 0.717) is 0 Å². The first-order valence-corrected chi connectivity index (χ1v) is 7.25. The molecule has 0 saturated heterocycles. The highest BCUT2D eigenvalue weighted by Crippen LogP contribution is 2.11. The molecule has 0 unspecified atom stereocenters. The summed E-state index contributed by atoms with van der Waals surface area (Å²) in [6.45, 7) is 0. The summed E-state index contributed by atoms with van der Waals surface area (Å²) >= 11 is 0. The van der Waals surface area contributed by atoms with Gasteiger partial charge in [0.15, 0.2) is 5.65 Å². The van der Waals surface area contributed by atoms with Gasteiger partial charge in [0.05, 0.1) is 5.52 Å². The van der Waals surface area contributed by atoms with Crippen molar-refractivity contribution in [2.75, 3.05) is 0 Å². The van der Waals surface area contributed by atoms with Gasteiger partial charge in [0, 0.05) is 12.6 Å². The highest BCUT2D eigenvalue weighted by atomic mass is 15.0. The van der Waals surface area contributed by atoms with Crippen molar-refractivity contribution in [3.63, 3.8) is 0 Å². The molecule has 2 aromatic heterocycles. The van der Waals surface area contributed by atoms with Crippen LogP contribution in [0.25, 0.3) is 11.2 Å². The van der Waals surface area contributed by atoms with Crippen LogP contribution < -0.4 is 0 Å². The Balaban J connectivity index is 1.43. The third-order valence-electron chi connectivity index (χ3n) is 3.53. The molecule has 0 radical (unpaired) electrons.